The summed E-state index contributed by atoms with van der Waals surface area (Å²) in [6.45, 7) is 2.51. The molecule has 0 bridgehead atoms. The van der Waals surface area contributed by atoms with Crippen LogP contribution in [0.1, 0.15) is 24.3 Å². The second-order valence-electron chi connectivity index (χ2n) is 4.78. The minimum atomic E-state index is -0.419. The molecule has 21 heavy (non-hydrogen) atoms. The summed E-state index contributed by atoms with van der Waals surface area (Å²) in [5.41, 5.74) is 7.99. The topological polar surface area (TPSA) is 48.4 Å². The summed E-state index contributed by atoms with van der Waals surface area (Å²) in [7, 11) is 0. The highest BCUT2D eigenvalue weighted by atomic mass is 35.5. The molecule has 4 heteroatoms. The van der Waals surface area contributed by atoms with E-state index in [1.807, 2.05) is 49.4 Å². The molecule has 1 aromatic heterocycles. The SMILES string of the molecule is CCOc1ccc(Cl)cc1C(N)c1cc2ccccc2o1. The highest BCUT2D eigenvalue weighted by Gasteiger charge is 2.18. The number of hydrogen-bond donors (Lipinski definition) is 1. The van der Waals surface area contributed by atoms with Gasteiger partial charge in [0, 0.05) is 16.0 Å². The van der Waals surface area contributed by atoms with Gasteiger partial charge in [-0.15, -0.1) is 0 Å². The van der Waals surface area contributed by atoms with Gasteiger partial charge in [-0.25, -0.2) is 0 Å². The van der Waals surface area contributed by atoms with Crippen LogP contribution in [-0.4, -0.2) is 6.61 Å². The Morgan fingerprint density at radius 2 is 2.00 bits per heavy atom. The Morgan fingerprint density at radius 1 is 1.19 bits per heavy atom. The van der Waals surface area contributed by atoms with E-state index in [1.54, 1.807) is 6.07 Å². The number of benzene rings is 2. The van der Waals surface area contributed by atoms with E-state index in [0.29, 0.717) is 17.4 Å². The maximum absolute atomic E-state index is 6.35. The zero-order valence-corrected chi connectivity index (χ0v) is 12.4. The lowest BCUT2D eigenvalue weighted by Crippen LogP contribution is -2.12. The summed E-state index contributed by atoms with van der Waals surface area (Å²) in [5, 5.41) is 1.66. The van der Waals surface area contributed by atoms with Crippen LogP contribution in [0.2, 0.25) is 5.02 Å². The summed E-state index contributed by atoms with van der Waals surface area (Å²) < 4.78 is 11.5. The summed E-state index contributed by atoms with van der Waals surface area (Å²) in [5.74, 6) is 1.43. The smallest absolute Gasteiger partial charge is 0.134 e. The van der Waals surface area contributed by atoms with Crippen molar-refractivity contribution in [2.45, 2.75) is 13.0 Å². The van der Waals surface area contributed by atoms with Crippen LogP contribution in [-0.2, 0) is 0 Å². The number of fused-ring (bicyclic) bond motifs is 1. The molecule has 0 aliphatic rings. The van der Waals surface area contributed by atoms with Gasteiger partial charge >= 0.3 is 0 Å². The van der Waals surface area contributed by atoms with E-state index in [9.17, 15) is 0 Å². The Labute approximate surface area is 128 Å². The van der Waals surface area contributed by atoms with Gasteiger partial charge in [0.05, 0.1) is 12.6 Å². The molecule has 1 atom stereocenters. The van der Waals surface area contributed by atoms with E-state index in [1.165, 1.54) is 0 Å². The van der Waals surface area contributed by atoms with Gasteiger partial charge in [0.1, 0.15) is 17.1 Å². The molecular weight excluding hydrogens is 286 g/mol. The lowest BCUT2D eigenvalue weighted by Gasteiger charge is -2.15. The van der Waals surface area contributed by atoms with Gasteiger partial charge in [-0.1, -0.05) is 29.8 Å². The second kappa shape index (κ2) is 5.80. The highest BCUT2D eigenvalue weighted by Crippen LogP contribution is 2.33. The van der Waals surface area contributed by atoms with Crippen LogP contribution in [0.4, 0.5) is 0 Å². The molecule has 1 unspecified atom stereocenters. The maximum Gasteiger partial charge on any atom is 0.134 e. The van der Waals surface area contributed by atoms with E-state index in [2.05, 4.69) is 0 Å². The molecule has 0 aliphatic heterocycles. The van der Waals surface area contributed by atoms with Gasteiger partial charge in [0.15, 0.2) is 0 Å². The fourth-order valence-corrected chi connectivity index (χ4v) is 2.54. The number of furan rings is 1. The zero-order valence-electron chi connectivity index (χ0n) is 11.7. The van der Waals surface area contributed by atoms with Gasteiger partial charge in [-0.05, 0) is 37.3 Å². The minimum Gasteiger partial charge on any atom is -0.494 e. The molecule has 0 amide bonds. The molecule has 0 spiro atoms. The van der Waals surface area contributed by atoms with Crippen molar-refractivity contribution in [1.29, 1.82) is 0 Å². The van der Waals surface area contributed by atoms with Crippen LogP contribution < -0.4 is 10.5 Å². The lowest BCUT2D eigenvalue weighted by atomic mass is 10.0. The van der Waals surface area contributed by atoms with Gasteiger partial charge in [-0.3, -0.25) is 0 Å². The Morgan fingerprint density at radius 3 is 2.76 bits per heavy atom. The first-order valence-corrected chi connectivity index (χ1v) is 7.23. The monoisotopic (exact) mass is 301 g/mol. The van der Waals surface area contributed by atoms with Gasteiger partial charge < -0.3 is 14.9 Å². The summed E-state index contributed by atoms with van der Waals surface area (Å²) in [6.07, 6.45) is 0. The van der Waals surface area contributed by atoms with Crippen LogP contribution in [0.15, 0.2) is 52.9 Å². The third-order valence-electron chi connectivity index (χ3n) is 3.36. The largest absolute Gasteiger partial charge is 0.494 e. The number of rotatable bonds is 4. The van der Waals surface area contributed by atoms with E-state index >= 15 is 0 Å². The van der Waals surface area contributed by atoms with Crippen LogP contribution in [0.3, 0.4) is 0 Å². The second-order valence-corrected chi connectivity index (χ2v) is 5.22. The first-order chi connectivity index (χ1) is 10.2. The van der Waals surface area contributed by atoms with Crippen molar-refractivity contribution in [2.75, 3.05) is 6.61 Å². The first-order valence-electron chi connectivity index (χ1n) is 6.85. The average Bonchev–Trinajstić information content (AvgIpc) is 2.92. The van der Waals surface area contributed by atoms with Crippen molar-refractivity contribution in [3.8, 4) is 5.75 Å². The van der Waals surface area contributed by atoms with E-state index < -0.39 is 6.04 Å². The van der Waals surface area contributed by atoms with Crippen LogP contribution >= 0.6 is 11.6 Å². The maximum atomic E-state index is 6.35. The number of para-hydroxylation sites is 1. The number of nitrogens with two attached hydrogens (primary N) is 1. The summed E-state index contributed by atoms with van der Waals surface area (Å²) in [4.78, 5) is 0. The predicted octanol–water partition coefficient (Wildman–Crippen LogP) is 4.53. The predicted molar refractivity (Wildman–Crippen MR) is 84.9 cm³/mol. The molecule has 3 nitrogen and oxygen atoms in total. The molecule has 0 fully saturated rings. The van der Waals surface area contributed by atoms with Gasteiger partial charge in [-0.2, -0.15) is 0 Å². The minimum absolute atomic E-state index is 0.419. The Kier molecular flexibility index (Phi) is 3.86. The van der Waals surface area contributed by atoms with Crippen molar-refractivity contribution in [3.63, 3.8) is 0 Å². The van der Waals surface area contributed by atoms with Crippen molar-refractivity contribution in [1.82, 2.24) is 0 Å². The molecule has 3 aromatic rings. The Hall–Kier alpha value is -1.97. The Bertz CT molecular complexity index is 733. The summed E-state index contributed by atoms with van der Waals surface area (Å²) in [6, 6.07) is 14.8. The number of hydrogen-bond acceptors (Lipinski definition) is 3. The molecule has 0 radical (unpaired) electrons. The fraction of sp³-hybridized carbons (Fsp3) is 0.176. The fourth-order valence-electron chi connectivity index (χ4n) is 2.36. The lowest BCUT2D eigenvalue weighted by molar-refractivity contribution is 0.334. The molecule has 2 aromatic carbocycles. The molecule has 0 saturated carbocycles. The van der Waals surface area contributed by atoms with Gasteiger partial charge in [0.2, 0.25) is 0 Å². The zero-order chi connectivity index (χ0) is 14.8. The van der Waals surface area contributed by atoms with Gasteiger partial charge in [0.25, 0.3) is 0 Å². The normalized spacial score (nSPS) is 12.5. The van der Waals surface area contributed by atoms with Crippen LogP contribution in [0.5, 0.6) is 5.75 Å². The molecule has 0 aliphatic carbocycles. The molecular formula is C17H16ClNO2. The molecule has 2 N–H and O–H groups in total. The summed E-state index contributed by atoms with van der Waals surface area (Å²) >= 11 is 6.09. The Balaban J connectivity index is 2.04. The van der Waals surface area contributed by atoms with Crippen molar-refractivity contribution in [3.05, 3.63) is 64.9 Å². The highest BCUT2D eigenvalue weighted by molar-refractivity contribution is 6.30. The molecule has 0 saturated heterocycles. The number of ether oxygens (including phenoxy) is 1. The van der Waals surface area contributed by atoms with E-state index in [4.69, 9.17) is 26.5 Å². The standard InChI is InChI=1S/C17H16ClNO2/c1-2-20-15-8-7-12(18)10-13(15)17(19)16-9-11-5-3-4-6-14(11)21-16/h3-10,17H,2,19H2,1H3. The van der Waals surface area contributed by atoms with E-state index in [0.717, 1.165) is 22.3 Å². The average molecular weight is 302 g/mol. The quantitative estimate of drug-likeness (QED) is 0.770. The molecule has 108 valence electrons. The third kappa shape index (κ3) is 2.75. The van der Waals surface area contributed by atoms with Crippen molar-refractivity contribution in [2.24, 2.45) is 5.73 Å². The third-order valence-corrected chi connectivity index (χ3v) is 3.59. The van der Waals surface area contributed by atoms with E-state index in [-0.39, 0.29) is 0 Å². The van der Waals surface area contributed by atoms with Crippen LogP contribution in [0, 0.1) is 0 Å². The molecule has 1 heterocycles. The van der Waals surface area contributed by atoms with Crippen molar-refractivity contribution < 1.29 is 9.15 Å². The number of halogens is 1. The first kappa shape index (κ1) is 14.0. The van der Waals surface area contributed by atoms with Crippen molar-refractivity contribution >= 4 is 22.6 Å². The van der Waals surface area contributed by atoms with Crippen LogP contribution in [0.25, 0.3) is 11.0 Å². The molecule has 3 rings (SSSR count).